The van der Waals surface area contributed by atoms with Crippen LogP contribution in [-0.4, -0.2) is 129 Å². The number of hydrogen-bond donors (Lipinski definition) is 2. The highest BCUT2D eigenvalue weighted by Crippen LogP contribution is 2.44. The van der Waals surface area contributed by atoms with Gasteiger partial charge in [0.1, 0.15) is 17.2 Å². The van der Waals surface area contributed by atoms with Crippen molar-refractivity contribution >= 4 is 45.5 Å². The molecule has 6 aromatic heterocycles. The van der Waals surface area contributed by atoms with E-state index in [0.717, 1.165) is 122 Å². The molecular weight excluding hydrogens is 887 g/mol. The zero-order valence-corrected chi connectivity index (χ0v) is 39.4. The van der Waals surface area contributed by atoms with Crippen molar-refractivity contribution in [3.63, 3.8) is 0 Å². The zero-order valence-electron chi connectivity index (χ0n) is 39.4. The summed E-state index contributed by atoms with van der Waals surface area (Å²) in [5, 5.41) is 18.3. The number of carbonyl (C=O) groups excluding carboxylic acids is 3. The van der Waals surface area contributed by atoms with Crippen molar-refractivity contribution in [2.75, 3.05) is 57.9 Å². The zero-order chi connectivity index (χ0) is 47.6. The number of hydrogen-bond acceptors (Lipinski definition) is 11. The molecule has 356 valence electrons. The monoisotopic (exact) mass is 939 g/mol. The molecule has 2 aromatic carbocycles. The minimum atomic E-state index is -0.293. The van der Waals surface area contributed by atoms with Crippen molar-refractivity contribution < 1.29 is 19.1 Å². The van der Waals surface area contributed by atoms with Crippen LogP contribution in [0.5, 0.6) is 0 Å². The highest BCUT2D eigenvalue weighted by molar-refractivity contribution is 5.98. The minimum Gasteiger partial charge on any atom is -0.378 e. The van der Waals surface area contributed by atoms with E-state index in [-0.39, 0.29) is 17.8 Å². The molecular formula is C51H53N15O4. The Morgan fingerprint density at radius 2 is 1.57 bits per heavy atom. The first-order valence-corrected chi connectivity index (χ1v) is 24.1. The molecule has 1 saturated carbocycles. The number of aryl methyl sites for hydroxylation is 1. The average molecular weight is 940 g/mol. The largest absolute Gasteiger partial charge is 0.378 e. The molecule has 19 heteroatoms. The van der Waals surface area contributed by atoms with Crippen LogP contribution in [0.1, 0.15) is 53.4 Å². The van der Waals surface area contributed by atoms with Gasteiger partial charge in [-0.2, -0.15) is 10.2 Å². The van der Waals surface area contributed by atoms with E-state index in [1.165, 1.54) is 0 Å². The number of amides is 4. The summed E-state index contributed by atoms with van der Waals surface area (Å²) in [4.78, 5) is 64.7. The second-order valence-corrected chi connectivity index (χ2v) is 18.6. The number of nitrogens with zero attached hydrogens (tertiary/aromatic N) is 13. The molecule has 9 heterocycles. The van der Waals surface area contributed by atoms with Gasteiger partial charge in [-0.1, -0.05) is 24.3 Å². The van der Waals surface area contributed by atoms with Crippen LogP contribution >= 0.6 is 0 Å². The lowest BCUT2D eigenvalue weighted by molar-refractivity contribution is -0.130. The number of fused-ring (bicyclic) bond motifs is 4. The predicted octanol–water partition coefficient (Wildman–Crippen LogP) is 5.44. The van der Waals surface area contributed by atoms with E-state index >= 15 is 0 Å². The summed E-state index contributed by atoms with van der Waals surface area (Å²) in [5.74, 6) is 2.24. The van der Waals surface area contributed by atoms with Gasteiger partial charge in [-0.05, 0) is 48.6 Å². The van der Waals surface area contributed by atoms with Crippen LogP contribution in [0, 0.1) is 0 Å². The maximum Gasteiger partial charge on any atom is 0.317 e. The van der Waals surface area contributed by atoms with E-state index in [9.17, 15) is 14.4 Å². The van der Waals surface area contributed by atoms with Crippen molar-refractivity contribution in [3.05, 3.63) is 102 Å². The number of ether oxygens (including phenoxy) is 1. The van der Waals surface area contributed by atoms with Crippen LogP contribution in [0.2, 0.25) is 0 Å². The summed E-state index contributed by atoms with van der Waals surface area (Å²) in [7, 11) is 3.55. The number of aromatic nitrogens is 10. The van der Waals surface area contributed by atoms with E-state index in [2.05, 4.69) is 65.1 Å². The second kappa shape index (κ2) is 17.5. The van der Waals surface area contributed by atoms with Gasteiger partial charge in [-0.3, -0.25) is 28.9 Å². The van der Waals surface area contributed by atoms with Gasteiger partial charge in [0, 0.05) is 124 Å². The van der Waals surface area contributed by atoms with Crippen molar-refractivity contribution in [2.24, 2.45) is 7.05 Å². The third-order valence-electron chi connectivity index (χ3n) is 14.1. The maximum atomic E-state index is 13.5. The number of nitrogens with one attached hydrogen (secondary N) is 2. The lowest BCUT2D eigenvalue weighted by Gasteiger charge is -2.32. The molecule has 12 rings (SSSR count). The topological polar surface area (TPSA) is 191 Å². The highest BCUT2D eigenvalue weighted by Gasteiger charge is 2.35. The number of morpholine rings is 1. The molecule has 0 bridgehead atoms. The molecule has 2 fully saturated rings. The lowest BCUT2D eigenvalue weighted by atomic mass is 10.0. The molecule has 1 saturated heterocycles. The van der Waals surface area contributed by atoms with E-state index in [0.29, 0.717) is 70.6 Å². The predicted molar refractivity (Wildman–Crippen MR) is 263 cm³/mol. The summed E-state index contributed by atoms with van der Waals surface area (Å²) in [5.41, 5.74) is 10.1. The van der Waals surface area contributed by atoms with Crippen LogP contribution in [-0.2, 0) is 49.3 Å². The van der Waals surface area contributed by atoms with Crippen LogP contribution in [0.3, 0.4) is 0 Å². The normalized spacial score (nSPS) is 15.9. The molecule has 4 amide bonds. The van der Waals surface area contributed by atoms with Gasteiger partial charge in [0.05, 0.1) is 73.0 Å². The van der Waals surface area contributed by atoms with Crippen molar-refractivity contribution in [3.8, 4) is 45.0 Å². The Hall–Kier alpha value is -7.93. The SMILES string of the molecule is CNC(=O)N1CCn2c(C3CC3)nc(-c3cccc4cc(-c5ccc(C(=O)NCCn6nc(-c7cnn(C)c7)c7cc(-c8nc(N9CCOCC9)n9c8CN(C(C)=O)CC9)ccc76)nc5)ncc34)c2C1. The van der Waals surface area contributed by atoms with Gasteiger partial charge in [0.2, 0.25) is 11.9 Å². The fraction of sp³-hybridized carbons (Fsp3) is 0.353. The van der Waals surface area contributed by atoms with Crippen LogP contribution in [0.25, 0.3) is 66.7 Å². The Bertz CT molecular complexity index is 3360. The van der Waals surface area contributed by atoms with E-state index in [1.807, 2.05) is 58.3 Å². The molecule has 1 aliphatic carbocycles. The Balaban J connectivity index is 0.771. The van der Waals surface area contributed by atoms with Gasteiger partial charge in [0.15, 0.2) is 0 Å². The van der Waals surface area contributed by atoms with Crippen molar-refractivity contribution in [1.29, 1.82) is 0 Å². The smallest absolute Gasteiger partial charge is 0.317 e. The van der Waals surface area contributed by atoms with E-state index in [4.69, 9.17) is 24.8 Å². The summed E-state index contributed by atoms with van der Waals surface area (Å²) in [6, 6.07) is 18.0. The summed E-state index contributed by atoms with van der Waals surface area (Å²) < 4.78 is 13.9. The Morgan fingerprint density at radius 1 is 0.771 bits per heavy atom. The lowest BCUT2D eigenvalue weighted by Crippen LogP contribution is -2.43. The van der Waals surface area contributed by atoms with E-state index < -0.39 is 0 Å². The summed E-state index contributed by atoms with van der Waals surface area (Å²) in [6.45, 7) is 8.79. The third kappa shape index (κ3) is 7.79. The Labute approximate surface area is 403 Å². The molecule has 4 aliphatic rings. The van der Waals surface area contributed by atoms with Crippen LogP contribution < -0.4 is 15.5 Å². The Morgan fingerprint density at radius 3 is 2.34 bits per heavy atom. The van der Waals surface area contributed by atoms with E-state index in [1.54, 1.807) is 30.9 Å². The first-order valence-electron chi connectivity index (χ1n) is 24.1. The van der Waals surface area contributed by atoms with Gasteiger partial charge in [-0.15, -0.1) is 0 Å². The minimum absolute atomic E-state index is 0.0424. The molecule has 2 N–H and O–H groups in total. The van der Waals surface area contributed by atoms with Crippen LogP contribution in [0.4, 0.5) is 10.7 Å². The quantitative estimate of drug-likeness (QED) is 0.178. The Kier molecular flexibility index (Phi) is 10.9. The summed E-state index contributed by atoms with van der Waals surface area (Å²) >= 11 is 0. The van der Waals surface area contributed by atoms with Gasteiger partial charge < -0.3 is 39.2 Å². The number of rotatable bonds is 10. The number of urea groups is 1. The number of benzene rings is 2. The number of imidazole rings is 2. The average Bonchev–Trinajstić information content (AvgIpc) is 3.67. The molecule has 3 aliphatic heterocycles. The van der Waals surface area contributed by atoms with Gasteiger partial charge >= 0.3 is 6.03 Å². The first kappa shape index (κ1) is 43.4. The molecule has 8 aromatic rings. The van der Waals surface area contributed by atoms with Gasteiger partial charge in [0.25, 0.3) is 5.91 Å². The standard InChI is InChI=1S/C51H53N15O4/c1-31(67)62-15-18-65-43(29-62)46(58-50(65)61-19-21-70-22-20-61)34-10-12-42-38(23-34)45(36-26-56-60(3)28-36)59-66(42)14-13-53-49(68)40-11-9-35(25-54-40)41-24-33-5-4-6-37(39(33)27-55-41)47-44-30-63(51(69)52-2)16-17-64(44)48(57-47)32-7-8-32/h4-6,9-12,23-28,32H,7-8,13-22,29-30H2,1-3H3,(H,52,69)(H,53,68). The molecule has 0 spiro atoms. The molecule has 0 unspecified atom stereocenters. The number of carbonyl (C=O) groups is 3. The fourth-order valence-corrected chi connectivity index (χ4v) is 10.3. The summed E-state index contributed by atoms with van der Waals surface area (Å²) in [6.07, 6.45) is 9.61. The van der Waals surface area contributed by atoms with Crippen molar-refractivity contribution in [2.45, 2.75) is 58.4 Å². The van der Waals surface area contributed by atoms with Crippen molar-refractivity contribution in [1.82, 2.24) is 69.1 Å². The highest BCUT2D eigenvalue weighted by atomic mass is 16.5. The number of pyridine rings is 2. The molecule has 0 radical (unpaired) electrons. The molecule has 19 nitrogen and oxygen atoms in total. The van der Waals surface area contributed by atoms with Gasteiger partial charge in [-0.25, -0.2) is 14.8 Å². The fourth-order valence-electron chi connectivity index (χ4n) is 10.3. The number of anilines is 1. The first-order chi connectivity index (χ1) is 34.2. The third-order valence-corrected chi connectivity index (χ3v) is 14.1. The second-order valence-electron chi connectivity index (χ2n) is 18.6. The molecule has 70 heavy (non-hydrogen) atoms. The maximum absolute atomic E-state index is 13.5. The van der Waals surface area contributed by atoms with Crippen LogP contribution in [0.15, 0.2) is 79.4 Å². The molecule has 0 atom stereocenters.